The Bertz CT molecular complexity index is 411. The molecule has 0 saturated carbocycles. The van der Waals surface area contributed by atoms with Crippen LogP contribution in [-0.4, -0.2) is 16.7 Å². The number of nitrogens with two attached hydrogens (primary N) is 1. The fourth-order valence-corrected chi connectivity index (χ4v) is 2.15. The number of thioether (sulfide) groups is 1. The second-order valence-corrected chi connectivity index (χ2v) is 6.59. The zero-order valence-corrected chi connectivity index (χ0v) is 11.8. The predicted molar refractivity (Wildman–Crippen MR) is 70.7 cm³/mol. The molecule has 0 aliphatic carbocycles. The highest BCUT2D eigenvalue weighted by atomic mass is 32.2. The highest BCUT2D eigenvalue weighted by Gasteiger charge is 2.30. The standard InChI is InChI=1S/C13H18F3NOS/c1-12(2,3)11(18)10(17)8-4-6-9(7-5-8)19-13(14,15)16/h4-7,10-11,18H,17H2,1-3H3/t10-,11-/m0/s1. The summed E-state index contributed by atoms with van der Waals surface area (Å²) in [5.41, 5.74) is 1.86. The Morgan fingerprint density at radius 3 is 1.95 bits per heavy atom. The molecule has 1 rings (SSSR count). The lowest BCUT2D eigenvalue weighted by Crippen LogP contribution is -2.36. The first-order valence-corrected chi connectivity index (χ1v) is 6.62. The van der Waals surface area contributed by atoms with Crippen molar-refractivity contribution in [2.75, 3.05) is 0 Å². The van der Waals surface area contributed by atoms with Crippen LogP contribution in [0.2, 0.25) is 0 Å². The van der Waals surface area contributed by atoms with Crippen LogP contribution in [0.3, 0.4) is 0 Å². The van der Waals surface area contributed by atoms with E-state index in [0.29, 0.717) is 5.56 Å². The molecule has 0 aliphatic rings. The molecule has 3 N–H and O–H groups in total. The summed E-state index contributed by atoms with van der Waals surface area (Å²) >= 11 is -0.168. The molecule has 0 aliphatic heterocycles. The molecule has 2 atom stereocenters. The first-order valence-electron chi connectivity index (χ1n) is 5.80. The summed E-state index contributed by atoms with van der Waals surface area (Å²) in [7, 11) is 0. The average Bonchev–Trinajstić information content (AvgIpc) is 2.24. The SMILES string of the molecule is CC(C)(C)[C@@H](O)[C@@H](N)c1ccc(SC(F)(F)F)cc1. The summed E-state index contributed by atoms with van der Waals surface area (Å²) in [4.78, 5) is 0.105. The number of rotatable bonds is 3. The van der Waals surface area contributed by atoms with E-state index in [0.717, 1.165) is 0 Å². The third kappa shape index (κ3) is 5.04. The van der Waals surface area contributed by atoms with Crippen LogP contribution in [0.5, 0.6) is 0 Å². The van der Waals surface area contributed by atoms with Gasteiger partial charge in [0.2, 0.25) is 0 Å². The maximum absolute atomic E-state index is 12.2. The van der Waals surface area contributed by atoms with Crippen molar-refractivity contribution in [2.45, 2.75) is 43.3 Å². The lowest BCUT2D eigenvalue weighted by Gasteiger charge is -2.31. The number of aliphatic hydroxyl groups excluding tert-OH is 1. The van der Waals surface area contributed by atoms with Gasteiger partial charge in [0.15, 0.2) is 0 Å². The molecule has 0 fully saturated rings. The molecule has 0 amide bonds. The van der Waals surface area contributed by atoms with Crippen LogP contribution in [-0.2, 0) is 0 Å². The Kier molecular flexibility index (Phi) is 4.92. The first kappa shape index (κ1) is 16.3. The van der Waals surface area contributed by atoms with Crippen molar-refractivity contribution in [1.82, 2.24) is 0 Å². The Morgan fingerprint density at radius 1 is 1.11 bits per heavy atom. The topological polar surface area (TPSA) is 46.2 Å². The Morgan fingerprint density at radius 2 is 1.58 bits per heavy atom. The summed E-state index contributed by atoms with van der Waals surface area (Å²) in [6.07, 6.45) is -0.770. The number of aliphatic hydroxyl groups is 1. The van der Waals surface area contributed by atoms with Crippen molar-refractivity contribution >= 4 is 11.8 Å². The third-order valence-corrected chi connectivity index (χ3v) is 3.47. The van der Waals surface area contributed by atoms with Crippen molar-refractivity contribution in [2.24, 2.45) is 11.1 Å². The van der Waals surface area contributed by atoms with E-state index in [9.17, 15) is 18.3 Å². The van der Waals surface area contributed by atoms with Gasteiger partial charge in [0, 0.05) is 4.90 Å². The van der Waals surface area contributed by atoms with E-state index >= 15 is 0 Å². The van der Waals surface area contributed by atoms with Gasteiger partial charge in [-0.15, -0.1) is 0 Å². The summed E-state index contributed by atoms with van der Waals surface area (Å²) < 4.78 is 36.5. The molecule has 108 valence electrons. The third-order valence-electron chi connectivity index (χ3n) is 2.73. The Hall–Kier alpha value is -0.720. The molecular weight excluding hydrogens is 275 g/mol. The molecule has 19 heavy (non-hydrogen) atoms. The minimum Gasteiger partial charge on any atom is -0.391 e. The van der Waals surface area contributed by atoms with Gasteiger partial charge < -0.3 is 10.8 Å². The lowest BCUT2D eigenvalue weighted by atomic mass is 9.82. The number of halogens is 3. The smallest absolute Gasteiger partial charge is 0.391 e. The van der Waals surface area contributed by atoms with Crippen molar-refractivity contribution in [3.8, 4) is 0 Å². The molecule has 1 aromatic rings. The van der Waals surface area contributed by atoms with Crippen LogP contribution in [0.1, 0.15) is 32.4 Å². The van der Waals surface area contributed by atoms with Gasteiger partial charge in [-0.25, -0.2) is 0 Å². The molecule has 0 spiro atoms. The van der Waals surface area contributed by atoms with Gasteiger partial charge in [-0.05, 0) is 34.9 Å². The molecular formula is C13H18F3NOS. The van der Waals surface area contributed by atoms with Crippen LogP contribution in [0.4, 0.5) is 13.2 Å². The fraction of sp³-hybridized carbons (Fsp3) is 0.538. The van der Waals surface area contributed by atoms with E-state index in [1.54, 1.807) is 0 Å². The lowest BCUT2D eigenvalue weighted by molar-refractivity contribution is -0.0328. The molecule has 0 bridgehead atoms. The van der Waals surface area contributed by atoms with Gasteiger partial charge in [-0.1, -0.05) is 32.9 Å². The quantitative estimate of drug-likeness (QED) is 0.835. The van der Waals surface area contributed by atoms with Gasteiger partial charge in [-0.2, -0.15) is 13.2 Å². The van der Waals surface area contributed by atoms with Crippen molar-refractivity contribution in [1.29, 1.82) is 0 Å². The first-order chi connectivity index (χ1) is 8.50. The second kappa shape index (κ2) is 5.73. The van der Waals surface area contributed by atoms with Crippen LogP contribution in [0, 0.1) is 5.41 Å². The van der Waals surface area contributed by atoms with Gasteiger partial charge in [0.05, 0.1) is 12.1 Å². The fourth-order valence-electron chi connectivity index (χ4n) is 1.61. The minimum absolute atomic E-state index is 0.105. The highest BCUT2D eigenvalue weighted by molar-refractivity contribution is 8.00. The minimum atomic E-state index is -4.30. The van der Waals surface area contributed by atoms with E-state index in [2.05, 4.69) is 0 Å². The number of hydrogen-bond acceptors (Lipinski definition) is 3. The van der Waals surface area contributed by atoms with Gasteiger partial charge >= 0.3 is 5.51 Å². The summed E-state index contributed by atoms with van der Waals surface area (Å²) in [5, 5.41) is 10.1. The summed E-state index contributed by atoms with van der Waals surface area (Å²) in [5.74, 6) is 0. The van der Waals surface area contributed by atoms with Crippen LogP contribution >= 0.6 is 11.8 Å². The molecule has 6 heteroatoms. The monoisotopic (exact) mass is 293 g/mol. The molecule has 1 aromatic carbocycles. The second-order valence-electron chi connectivity index (χ2n) is 5.45. The molecule has 0 aromatic heterocycles. The molecule has 2 nitrogen and oxygen atoms in total. The van der Waals surface area contributed by atoms with Gasteiger partial charge in [-0.3, -0.25) is 0 Å². The zero-order chi connectivity index (χ0) is 14.8. The maximum atomic E-state index is 12.2. The summed E-state index contributed by atoms with van der Waals surface area (Å²) in [6.45, 7) is 5.56. The van der Waals surface area contributed by atoms with E-state index < -0.39 is 23.1 Å². The van der Waals surface area contributed by atoms with Gasteiger partial charge in [0.1, 0.15) is 0 Å². The summed E-state index contributed by atoms with van der Waals surface area (Å²) in [6, 6.07) is 5.15. The van der Waals surface area contributed by atoms with Crippen LogP contribution in [0.15, 0.2) is 29.2 Å². The van der Waals surface area contributed by atoms with Crippen LogP contribution in [0.25, 0.3) is 0 Å². The van der Waals surface area contributed by atoms with Crippen molar-refractivity contribution in [3.63, 3.8) is 0 Å². The average molecular weight is 293 g/mol. The van der Waals surface area contributed by atoms with Crippen LogP contribution < -0.4 is 5.73 Å². The maximum Gasteiger partial charge on any atom is 0.446 e. The van der Waals surface area contributed by atoms with Crippen molar-refractivity contribution in [3.05, 3.63) is 29.8 Å². The number of hydrogen-bond donors (Lipinski definition) is 2. The molecule has 0 saturated heterocycles. The normalized spacial score (nSPS) is 16.2. The van der Waals surface area contributed by atoms with E-state index in [4.69, 9.17) is 5.73 Å². The Balaban J connectivity index is 2.82. The molecule has 0 heterocycles. The predicted octanol–water partition coefficient (Wildman–Crippen LogP) is 3.71. The van der Waals surface area contributed by atoms with Crippen molar-refractivity contribution < 1.29 is 18.3 Å². The van der Waals surface area contributed by atoms with Gasteiger partial charge in [0.25, 0.3) is 0 Å². The van der Waals surface area contributed by atoms with E-state index in [1.807, 2.05) is 20.8 Å². The largest absolute Gasteiger partial charge is 0.446 e. The number of benzene rings is 1. The Labute approximate surface area is 115 Å². The zero-order valence-electron chi connectivity index (χ0n) is 11.0. The molecule has 0 unspecified atom stereocenters. The number of alkyl halides is 3. The molecule has 0 radical (unpaired) electrons. The van der Waals surface area contributed by atoms with E-state index in [1.165, 1.54) is 24.3 Å². The highest BCUT2D eigenvalue weighted by Crippen LogP contribution is 2.37. The van der Waals surface area contributed by atoms with E-state index in [-0.39, 0.29) is 16.7 Å².